The van der Waals surface area contributed by atoms with Crippen molar-refractivity contribution in [3.63, 3.8) is 0 Å². The number of nitrogens with zero attached hydrogens (tertiary/aromatic N) is 2. The highest BCUT2D eigenvalue weighted by atomic mass is 32.1. The molecule has 1 aromatic carbocycles. The summed E-state index contributed by atoms with van der Waals surface area (Å²) in [5, 5.41) is 12.1. The number of allylic oxidation sites excluding steroid dienone is 1. The minimum Gasteiger partial charge on any atom is -0.497 e. The molecule has 6 heteroatoms. The maximum absolute atomic E-state index is 11.6. The minimum atomic E-state index is -0.181. The fourth-order valence-electron chi connectivity index (χ4n) is 1.74. The van der Waals surface area contributed by atoms with Gasteiger partial charge in [-0.15, -0.1) is 10.2 Å². The van der Waals surface area contributed by atoms with Crippen LogP contribution in [0.5, 0.6) is 5.75 Å². The topological polar surface area (TPSA) is 64.1 Å². The number of rotatable bonds is 5. The molecule has 5 nitrogen and oxygen atoms in total. The molecule has 0 saturated heterocycles. The van der Waals surface area contributed by atoms with Gasteiger partial charge in [0.25, 0.3) is 0 Å². The van der Waals surface area contributed by atoms with Crippen LogP contribution in [0, 0.1) is 0 Å². The van der Waals surface area contributed by atoms with Crippen LogP contribution in [0.2, 0.25) is 0 Å². The van der Waals surface area contributed by atoms with E-state index in [2.05, 4.69) is 15.5 Å². The molecule has 0 aliphatic heterocycles. The second-order valence-corrected chi connectivity index (χ2v) is 5.80. The van der Waals surface area contributed by atoms with Crippen molar-refractivity contribution in [1.29, 1.82) is 0 Å². The van der Waals surface area contributed by atoms with Crippen LogP contribution < -0.4 is 10.1 Å². The number of carbonyl (C=O) groups excluding carboxylic acids is 1. The lowest BCUT2D eigenvalue weighted by atomic mass is 10.1. The van der Waals surface area contributed by atoms with Crippen LogP contribution >= 0.6 is 11.3 Å². The van der Waals surface area contributed by atoms with Crippen LogP contribution in [0.4, 0.5) is 5.13 Å². The summed E-state index contributed by atoms with van der Waals surface area (Å²) in [6.07, 6.45) is 2.19. The van der Waals surface area contributed by atoms with Crippen LogP contribution in [0.25, 0.3) is 0 Å². The molecule has 2 rings (SSSR count). The van der Waals surface area contributed by atoms with Gasteiger partial charge in [-0.1, -0.05) is 29.0 Å². The Morgan fingerprint density at radius 2 is 2.19 bits per heavy atom. The molecule has 1 aromatic heterocycles. The maximum atomic E-state index is 11.6. The molecular weight excluding hydrogens is 286 g/mol. The van der Waals surface area contributed by atoms with Gasteiger partial charge in [-0.25, -0.2) is 0 Å². The van der Waals surface area contributed by atoms with Crippen molar-refractivity contribution in [2.24, 2.45) is 0 Å². The second kappa shape index (κ2) is 6.99. The molecule has 0 atom stereocenters. The summed E-state index contributed by atoms with van der Waals surface area (Å²) in [6.45, 7) is 3.74. The van der Waals surface area contributed by atoms with E-state index in [9.17, 15) is 4.79 Å². The zero-order chi connectivity index (χ0) is 15.2. The Balaban J connectivity index is 2.03. The van der Waals surface area contributed by atoms with Gasteiger partial charge in [0.15, 0.2) is 0 Å². The number of amides is 1. The monoisotopic (exact) mass is 303 g/mol. The molecule has 21 heavy (non-hydrogen) atoms. The predicted molar refractivity (Wildman–Crippen MR) is 83.8 cm³/mol. The minimum absolute atomic E-state index is 0.181. The third-order valence-electron chi connectivity index (χ3n) is 2.61. The van der Waals surface area contributed by atoms with Crippen molar-refractivity contribution in [1.82, 2.24) is 10.2 Å². The molecule has 110 valence electrons. The van der Waals surface area contributed by atoms with E-state index >= 15 is 0 Å². The largest absolute Gasteiger partial charge is 0.497 e. The van der Waals surface area contributed by atoms with Gasteiger partial charge in [0.1, 0.15) is 10.8 Å². The van der Waals surface area contributed by atoms with E-state index in [0.29, 0.717) is 11.6 Å². The van der Waals surface area contributed by atoms with Crippen LogP contribution in [0.1, 0.15) is 24.4 Å². The van der Waals surface area contributed by atoms with Crippen LogP contribution in [-0.2, 0) is 11.2 Å². The van der Waals surface area contributed by atoms with E-state index in [-0.39, 0.29) is 5.91 Å². The number of nitrogens with one attached hydrogen (secondary N) is 1. The summed E-state index contributed by atoms with van der Waals surface area (Å²) in [6, 6.07) is 7.80. The van der Waals surface area contributed by atoms with Gasteiger partial charge in [0.2, 0.25) is 11.0 Å². The fraction of sp³-hybridized carbons (Fsp3) is 0.267. The fourth-order valence-corrected chi connectivity index (χ4v) is 2.51. The van der Waals surface area contributed by atoms with E-state index < -0.39 is 0 Å². The van der Waals surface area contributed by atoms with Gasteiger partial charge < -0.3 is 4.74 Å². The zero-order valence-corrected chi connectivity index (χ0v) is 13.0. The molecule has 0 aliphatic rings. The van der Waals surface area contributed by atoms with Crippen LogP contribution in [0.3, 0.4) is 0 Å². The van der Waals surface area contributed by atoms with Gasteiger partial charge in [0.05, 0.1) is 7.11 Å². The highest BCUT2D eigenvalue weighted by molar-refractivity contribution is 7.15. The Bertz CT molecular complexity index is 660. The molecule has 1 heterocycles. The molecule has 0 bridgehead atoms. The highest BCUT2D eigenvalue weighted by Crippen LogP contribution is 2.20. The molecule has 0 unspecified atom stereocenters. The third kappa shape index (κ3) is 4.68. The first-order valence-corrected chi connectivity index (χ1v) is 7.29. The summed E-state index contributed by atoms with van der Waals surface area (Å²) in [5.74, 6) is 0.633. The van der Waals surface area contributed by atoms with Crippen molar-refractivity contribution in [2.75, 3.05) is 12.4 Å². The Morgan fingerprint density at radius 3 is 2.90 bits per heavy atom. The number of methoxy groups -OCH3 is 1. The van der Waals surface area contributed by atoms with E-state index in [1.54, 1.807) is 7.11 Å². The van der Waals surface area contributed by atoms with Crippen molar-refractivity contribution in [3.05, 3.63) is 46.5 Å². The average molecular weight is 303 g/mol. The van der Waals surface area contributed by atoms with E-state index in [1.807, 2.05) is 38.1 Å². The number of benzene rings is 1. The summed E-state index contributed by atoms with van der Waals surface area (Å²) in [4.78, 5) is 11.6. The first-order valence-electron chi connectivity index (χ1n) is 6.48. The van der Waals surface area contributed by atoms with Crippen molar-refractivity contribution in [3.8, 4) is 5.75 Å². The zero-order valence-electron chi connectivity index (χ0n) is 12.2. The Hall–Kier alpha value is -2.21. The summed E-state index contributed by atoms with van der Waals surface area (Å²) >= 11 is 1.37. The molecule has 1 amide bonds. The third-order valence-corrected chi connectivity index (χ3v) is 3.44. The molecule has 0 spiro atoms. The molecule has 0 fully saturated rings. The van der Waals surface area contributed by atoms with E-state index in [0.717, 1.165) is 21.9 Å². The summed E-state index contributed by atoms with van der Waals surface area (Å²) in [5.41, 5.74) is 2.03. The number of anilines is 1. The number of aromatic nitrogens is 2. The lowest BCUT2D eigenvalue weighted by molar-refractivity contribution is -0.111. The first kappa shape index (κ1) is 15.2. The molecule has 1 N–H and O–H groups in total. The summed E-state index contributed by atoms with van der Waals surface area (Å²) < 4.78 is 5.19. The SMILES string of the molecule is COc1cccc(Cc2nnc(NC(=O)C=C(C)C)s2)c1. The maximum Gasteiger partial charge on any atom is 0.250 e. The molecule has 0 radical (unpaired) electrons. The molecule has 2 aromatic rings. The lowest BCUT2D eigenvalue weighted by Gasteiger charge is -2.01. The lowest BCUT2D eigenvalue weighted by Crippen LogP contribution is -2.07. The Morgan fingerprint density at radius 1 is 1.38 bits per heavy atom. The number of ether oxygens (including phenoxy) is 1. The smallest absolute Gasteiger partial charge is 0.250 e. The standard InChI is InChI=1S/C15H17N3O2S/c1-10(2)7-13(19)16-15-18-17-14(21-15)9-11-5-4-6-12(8-11)20-3/h4-8H,9H2,1-3H3,(H,16,18,19). The van der Waals surface area contributed by atoms with Gasteiger partial charge in [-0.2, -0.15) is 0 Å². The average Bonchev–Trinajstić information content (AvgIpc) is 2.85. The molecular formula is C15H17N3O2S. The van der Waals surface area contributed by atoms with Gasteiger partial charge in [-0.3, -0.25) is 10.1 Å². The van der Waals surface area contributed by atoms with Gasteiger partial charge >= 0.3 is 0 Å². The highest BCUT2D eigenvalue weighted by Gasteiger charge is 2.07. The first-order chi connectivity index (χ1) is 10.1. The van der Waals surface area contributed by atoms with Crippen molar-refractivity contribution >= 4 is 22.4 Å². The van der Waals surface area contributed by atoms with Gasteiger partial charge in [0, 0.05) is 12.5 Å². The van der Waals surface area contributed by atoms with Crippen molar-refractivity contribution in [2.45, 2.75) is 20.3 Å². The van der Waals surface area contributed by atoms with Crippen molar-refractivity contribution < 1.29 is 9.53 Å². The second-order valence-electron chi connectivity index (χ2n) is 4.74. The summed E-state index contributed by atoms with van der Waals surface area (Å²) in [7, 11) is 1.64. The van der Waals surface area contributed by atoms with E-state index in [4.69, 9.17) is 4.74 Å². The normalized spacial score (nSPS) is 10.0. The quantitative estimate of drug-likeness (QED) is 0.862. The van der Waals surface area contributed by atoms with Gasteiger partial charge in [-0.05, 0) is 31.5 Å². The Kier molecular flexibility index (Phi) is 5.05. The van der Waals surface area contributed by atoms with Crippen LogP contribution in [0.15, 0.2) is 35.9 Å². The van der Waals surface area contributed by atoms with Crippen LogP contribution in [-0.4, -0.2) is 23.2 Å². The number of hydrogen-bond acceptors (Lipinski definition) is 5. The number of hydrogen-bond donors (Lipinski definition) is 1. The Labute approximate surface area is 127 Å². The molecule has 0 saturated carbocycles. The predicted octanol–water partition coefficient (Wildman–Crippen LogP) is 3.04. The van der Waals surface area contributed by atoms with E-state index in [1.165, 1.54) is 17.4 Å². The number of carbonyl (C=O) groups is 1. The molecule has 0 aliphatic carbocycles.